The van der Waals surface area contributed by atoms with Gasteiger partial charge in [-0.2, -0.15) is 0 Å². The van der Waals surface area contributed by atoms with E-state index in [1.165, 1.54) is 18.5 Å². The van der Waals surface area contributed by atoms with Gasteiger partial charge < -0.3 is 24.8 Å². The van der Waals surface area contributed by atoms with Crippen LogP contribution in [0.25, 0.3) is 10.9 Å². The molecule has 3 aromatic rings. The number of benzene rings is 2. The number of hydrogen-bond donors (Lipinski definition) is 2. The first-order valence-electron chi connectivity index (χ1n) is 11.3. The van der Waals surface area contributed by atoms with Crippen molar-refractivity contribution < 1.29 is 23.4 Å². The molecule has 2 saturated heterocycles. The van der Waals surface area contributed by atoms with Gasteiger partial charge in [0.15, 0.2) is 11.5 Å². The molecular formula is C24H25ClFN5O4. The largest absolute Gasteiger partial charge is 0.493 e. The van der Waals surface area contributed by atoms with Crippen LogP contribution in [0.3, 0.4) is 0 Å². The van der Waals surface area contributed by atoms with Crippen LogP contribution in [-0.4, -0.2) is 66.5 Å². The number of carbonyl (C=O) groups excluding carboxylic acids is 1. The fourth-order valence-electron chi connectivity index (χ4n) is 4.40. The van der Waals surface area contributed by atoms with E-state index in [0.717, 1.165) is 37.9 Å². The smallest absolute Gasteiger partial charge is 0.407 e. The summed E-state index contributed by atoms with van der Waals surface area (Å²) in [6.07, 6.45) is 2.71. The van der Waals surface area contributed by atoms with Gasteiger partial charge in [-0.25, -0.2) is 19.2 Å². The van der Waals surface area contributed by atoms with E-state index >= 15 is 0 Å². The van der Waals surface area contributed by atoms with Crippen molar-refractivity contribution in [3.8, 4) is 11.5 Å². The highest BCUT2D eigenvalue weighted by atomic mass is 35.5. The van der Waals surface area contributed by atoms with Crippen LogP contribution in [0.4, 0.5) is 20.7 Å². The van der Waals surface area contributed by atoms with Gasteiger partial charge in [-0.3, -0.25) is 4.90 Å². The van der Waals surface area contributed by atoms with Gasteiger partial charge in [0.2, 0.25) is 0 Å². The van der Waals surface area contributed by atoms with E-state index < -0.39 is 5.82 Å². The predicted molar refractivity (Wildman–Crippen MR) is 129 cm³/mol. The Morgan fingerprint density at radius 1 is 1.23 bits per heavy atom. The van der Waals surface area contributed by atoms with Gasteiger partial charge in [0.25, 0.3) is 0 Å². The van der Waals surface area contributed by atoms with E-state index in [-0.39, 0.29) is 16.7 Å². The number of hydrogen-bond acceptors (Lipinski definition) is 8. The lowest BCUT2D eigenvalue weighted by Crippen LogP contribution is -2.47. The summed E-state index contributed by atoms with van der Waals surface area (Å²) in [6, 6.07) is 8.00. The van der Waals surface area contributed by atoms with E-state index in [2.05, 4.69) is 25.5 Å². The number of ether oxygens (including phenoxy) is 3. The van der Waals surface area contributed by atoms with Crippen LogP contribution in [0.1, 0.15) is 12.8 Å². The Morgan fingerprint density at radius 2 is 2.06 bits per heavy atom. The third-order valence-electron chi connectivity index (χ3n) is 6.40. The highest BCUT2D eigenvalue weighted by Crippen LogP contribution is 2.35. The van der Waals surface area contributed by atoms with Gasteiger partial charge in [-0.05, 0) is 24.3 Å². The maximum Gasteiger partial charge on any atom is 0.407 e. The summed E-state index contributed by atoms with van der Waals surface area (Å²) >= 11 is 5.91. The van der Waals surface area contributed by atoms with E-state index in [0.29, 0.717) is 41.7 Å². The van der Waals surface area contributed by atoms with Crippen molar-refractivity contribution in [3.05, 3.63) is 47.5 Å². The third-order valence-corrected chi connectivity index (χ3v) is 6.69. The van der Waals surface area contributed by atoms with Crippen LogP contribution < -0.4 is 20.1 Å². The molecule has 1 amide bonds. The summed E-state index contributed by atoms with van der Waals surface area (Å²) in [5.74, 6) is 1.17. The Kier molecular flexibility index (Phi) is 6.48. The number of aromatic nitrogens is 2. The molecule has 0 unspecified atom stereocenters. The number of rotatable bonds is 7. The Hall–Kier alpha value is -3.37. The van der Waals surface area contributed by atoms with E-state index in [4.69, 9.17) is 25.8 Å². The third kappa shape index (κ3) is 5.03. The summed E-state index contributed by atoms with van der Waals surface area (Å²) in [7, 11) is 1.58. The number of anilines is 2. The molecule has 9 nitrogen and oxygen atoms in total. The normalized spacial score (nSPS) is 17.3. The quantitative estimate of drug-likeness (QED) is 0.499. The second-order valence-corrected chi connectivity index (χ2v) is 9.02. The Bertz CT molecular complexity index is 1250. The van der Waals surface area contributed by atoms with Crippen LogP contribution in [-0.2, 0) is 4.74 Å². The molecule has 0 radical (unpaired) electrons. The number of likely N-dealkylation sites (tertiary alicyclic amines) is 1. The second kappa shape index (κ2) is 9.71. The van der Waals surface area contributed by atoms with Crippen molar-refractivity contribution in [3.63, 3.8) is 0 Å². The van der Waals surface area contributed by atoms with Crippen LogP contribution in [0.2, 0.25) is 5.02 Å². The van der Waals surface area contributed by atoms with Crippen LogP contribution in [0.15, 0.2) is 36.7 Å². The van der Waals surface area contributed by atoms with Crippen LogP contribution >= 0.6 is 11.6 Å². The maximum atomic E-state index is 13.5. The lowest BCUT2D eigenvalue weighted by Gasteiger charge is -2.37. The molecule has 1 spiro atoms. The first-order valence-corrected chi connectivity index (χ1v) is 11.7. The topological polar surface area (TPSA) is 97.8 Å². The molecule has 184 valence electrons. The second-order valence-electron chi connectivity index (χ2n) is 8.61. The lowest BCUT2D eigenvalue weighted by molar-refractivity contribution is -0.00151. The summed E-state index contributed by atoms with van der Waals surface area (Å²) in [5, 5.41) is 6.66. The zero-order valence-corrected chi connectivity index (χ0v) is 19.9. The van der Waals surface area contributed by atoms with Crippen molar-refractivity contribution in [1.82, 2.24) is 20.2 Å². The average Bonchev–Trinajstić information content (AvgIpc) is 3.22. The Balaban J connectivity index is 1.27. The monoisotopic (exact) mass is 501 g/mol. The number of fused-ring (bicyclic) bond motifs is 1. The van der Waals surface area contributed by atoms with Gasteiger partial charge in [0.1, 0.15) is 30.2 Å². The fourth-order valence-corrected chi connectivity index (χ4v) is 4.58. The summed E-state index contributed by atoms with van der Waals surface area (Å²) in [4.78, 5) is 22.4. The molecule has 11 heteroatoms. The minimum atomic E-state index is -0.491. The highest BCUT2D eigenvalue weighted by molar-refractivity contribution is 6.31. The molecule has 2 aliphatic rings. The number of alkyl carbamates (subject to hydrolysis) is 1. The van der Waals surface area contributed by atoms with Crippen molar-refractivity contribution in [2.24, 2.45) is 0 Å². The number of piperidine rings is 1. The molecule has 5 rings (SSSR count). The highest BCUT2D eigenvalue weighted by Gasteiger charge is 2.42. The zero-order chi connectivity index (χ0) is 24.4. The molecule has 3 heterocycles. The van der Waals surface area contributed by atoms with E-state index in [9.17, 15) is 9.18 Å². The Labute approximate surface area is 206 Å². The maximum absolute atomic E-state index is 13.5. The van der Waals surface area contributed by atoms with Crippen LogP contribution in [0.5, 0.6) is 11.5 Å². The molecule has 0 atom stereocenters. The zero-order valence-electron chi connectivity index (χ0n) is 19.1. The number of nitrogens with one attached hydrogen (secondary N) is 2. The van der Waals surface area contributed by atoms with Gasteiger partial charge in [0.05, 0.1) is 24.2 Å². The first-order chi connectivity index (χ1) is 16.9. The van der Waals surface area contributed by atoms with Crippen molar-refractivity contribution in [1.29, 1.82) is 0 Å². The molecule has 0 bridgehead atoms. The molecule has 2 aliphatic heterocycles. The summed E-state index contributed by atoms with van der Waals surface area (Å²) in [6.45, 7) is 3.41. The predicted octanol–water partition coefficient (Wildman–Crippen LogP) is 4.13. The SMILES string of the molecule is COc1cc2ncnc(Nc3ccc(F)c(Cl)c3)c2cc1OCCN1CCC2(CC1)CNC(=O)O2. The van der Waals surface area contributed by atoms with Crippen molar-refractivity contribution in [2.75, 3.05) is 45.2 Å². The van der Waals surface area contributed by atoms with Gasteiger partial charge in [0, 0.05) is 49.6 Å². The fraction of sp³-hybridized carbons (Fsp3) is 0.375. The first kappa shape index (κ1) is 23.4. The number of halogens is 2. The molecule has 1 aromatic heterocycles. The van der Waals surface area contributed by atoms with Crippen LogP contribution in [0, 0.1) is 5.82 Å². The minimum absolute atomic E-state index is 0.0186. The van der Waals surface area contributed by atoms with Crippen molar-refractivity contribution >= 4 is 40.1 Å². The molecule has 2 fully saturated rings. The number of carbonyl (C=O) groups is 1. The van der Waals surface area contributed by atoms with E-state index in [1.54, 1.807) is 19.2 Å². The molecular weight excluding hydrogens is 477 g/mol. The molecule has 0 aliphatic carbocycles. The standard InChI is InChI=1S/C24H25ClFN5O4/c1-33-20-12-19-16(22(29-14-28-19)30-15-2-3-18(26)17(25)10-15)11-21(20)34-9-8-31-6-4-24(5-7-31)13-27-23(32)35-24/h2-3,10-12,14H,4-9,13H2,1H3,(H,27,32)(H,28,29,30). The van der Waals surface area contributed by atoms with Gasteiger partial charge >= 0.3 is 6.09 Å². The number of methoxy groups -OCH3 is 1. The number of amides is 1. The number of nitrogens with zero attached hydrogens (tertiary/aromatic N) is 3. The van der Waals surface area contributed by atoms with Gasteiger partial charge in [-0.15, -0.1) is 0 Å². The molecule has 2 N–H and O–H groups in total. The summed E-state index contributed by atoms with van der Waals surface area (Å²) < 4.78 is 30.6. The molecule has 35 heavy (non-hydrogen) atoms. The Morgan fingerprint density at radius 3 is 2.77 bits per heavy atom. The van der Waals surface area contributed by atoms with Gasteiger partial charge in [-0.1, -0.05) is 11.6 Å². The lowest BCUT2D eigenvalue weighted by atomic mass is 9.92. The molecule has 0 saturated carbocycles. The van der Waals surface area contributed by atoms with Crippen molar-refractivity contribution in [2.45, 2.75) is 18.4 Å². The molecule has 2 aromatic carbocycles. The minimum Gasteiger partial charge on any atom is -0.493 e. The average molecular weight is 502 g/mol. The summed E-state index contributed by atoms with van der Waals surface area (Å²) in [5.41, 5.74) is 0.899. The van der Waals surface area contributed by atoms with E-state index in [1.807, 2.05) is 6.07 Å².